The van der Waals surface area contributed by atoms with Gasteiger partial charge >= 0.3 is 5.69 Å². The van der Waals surface area contributed by atoms with Crippen molar-refractivity contribution in [2.24, 2.45) is 5.41 Å². The average molecular weight is 378 g/mol. The SMILES string of the molecule is CC1(C)CCN(C(=O)c2cnc3[nH]c(=O)[nH]c(=O)c3c2)CC1c1ccccc1. The van der Waals surface area contributed by atoms with Crippen molar-refractivity contribution in [3.05, 3.63) is 74.6 Å². The van der Waals surface area contributed by atoms with Gasteiger partial charge in [0.05, 0.1) is 10.9 Å². The van der Waals surface area contributed by atoms with Crippen molar-refractivity contribution in [2.75, 3.05) is 13.1 Å². The highest BCUT2D eigenvalue weighted by atomic mass is 16.2. The number of nitrogens with one attached hydrogen (secondary N) is 2. The molecule has 7 nitrogen and oxygen atoms in total. The fraction of sp³-hybridized carbons (Fsp3) is 0.333. The largest absolute Gasteiger partial charge is 0.338 e. The standard InChI is InChI=1S/C21H22N4O3/c1-21(2)8-9-25(12-16(21)13-6-4-3-5-7-13)19(27)14-10-15-17(22-11-14)23-20(28)24-18(15)26/h3-7,10-11,16H,8-9,12H2,1-2H3,(H2,22,23,24,26,28). The monoisotopic (exact) mass is 378 g/mol. The molecule has 7 heteroatoms. The number of likely N-dealkylation sites (tertiary alicyclic amines) is 1. The van der Waals surface area contributed by atoms with E-state index in [1.54, 1.807) is 0 Å². The van der Waals surface area contributed by atoms with E-state index in [-0.39, 0.29) is 28.3 Å². The Labute approximate surface area is 161 Å². The molecule has 1 aromatic carbocycles. The maximum absolute atomic E-state index is 13.1. The molecule has 1 unspecified atom stereocenters. The van der Waals surface area contributed by atoms with Crippen molar-refractivity contribution in [2.45, 2.75) is 26.2 Å². The first-order valence-electron chi connectivity index (χ1n) is 9.32. The van der Waals surface area contributed by atoms with E-state index in [1.807, 2.05) is 23.1 Å². The van der Waals surface area contributed by atoms with E-state index in [0.717, 1.165) is 6.42 Å². The highest BCUT2D eigenvalue weighted by molar-refractivity contribution is 5.96. The molecule has 1 saturated heterocycles. The molecule has 2 aromatic heterocycles. The minimum absolute atomic E-state index is 0.0798. The third kappa shape index (κ3) is 3.24. The molecule has 0 radical (unpaired) electrons. The van der Waals surface area contributed by atoms with E-state index >= 15 is 0 Å². The molecule has 144 valence electrons. The van der Waals surface area contributed by atoms with Crippen LogP contribution < -0.4 is 11.2 Å². The lowest BCUT2D eigenvalue weighted by Crippen LogP contribution is -2.46. The van der Waals surface area contributed by atoms with Crippen LogP contribution in [0.5, 0.6) is 0 Å². The van der Waals surface area contributed by atoms with Gasteiger partial charge in [-0.15, -0.1) is 0 Å². The molecule has 3 aromatic rings. The zero-order valence-corrected chi connectivity index (χ0v) is 15.9. The number of amides is 1. The van der Waals surface area contributed by atoms with Crippen LogP contribution in [0.15, 0.2) is 52.2 Å². The molecule has 0 saturated carbocycles. The first-order chi connectivity index (χ1) is 13.3. The number of benzene rings is 1. The van der Waals surface area contributed by atoms with Crippen molar-refractivity contribution < 1.29 is 4.79 Å². The number of rotatable bonds is 2. The summed E-state index contributed by atoms with van der Waals surface area (Å²) in [6, 6.07) is 11.7. The van der Waals surface area contributed by atoms with E-state index < -0.39 is 11.2 Å². The predicted octanol–water partition coefficient (Wildman–Crippen LogP) is 2.27. The maximum Gasteiger partial charge on any atom is 0.327 e. The Hall–Kier alpha value is -3.22. The normalized spacial score (nSPS) is 18.9. The van der Waals surface area contributed by atoms with Crippen LogP contribution >= 0.6 is 0 Å². The highest BCUT2D eigenvalue weighted by Gasteiger charge is 2.38. The van der Waals surface area contributed by atoms with Crippen LogP contribution in [0, 0.1) is 5.41 Å². The van der Waals surface area contributed by atoms with Gasteiger partial charge in [-0.25, -0.2) is 9.78 Å². The van der Waals surface area contributed by atoms with E-state index in [9.17, 15) is 14.4 Å². The number of hydrogen-bond acceptors (Lipinski definition) is 4. The number of pyridine rings is 1. The number of fused-ring (bicyclic) bond motifs is 1. The molecule has 1 amide bonds. The molecule has 0 spiro atoms. The Balaban J connectivity index is 1.66. The van der Waals surface area contributed by atoms with Gasteiger partial charge in [0, 0.05) is 25.2 Å². The van der Waals surface area contributed by atoms with Gasteiger partial charge in [0.25, 0.3) is 11.5 Å². The number of H-pyrrole nitrogens is 2. The van der Waals surface area contributed by atoms with Crippen molar-refractivity contribution >= 4 is 16.9 Å². The number of carbonyl (C=O) groups is 1. The quantitative estimate of drug-likeness (QED) is 0.714. The second-order valence-electron chi connectivity index (χ2n) is 7.98. The Morgan fingerprint density at radius 3 is 2.68 bits per heavy atom. The minimum Gasteiger partial charge on any atom is -0.338 e. The molecular formula is C21H22N4O3. The lowest BCUT2D eigenvalue weighted by Gasteiger charge is -2.44. The Morgan fingerprint density at radius 1 is 1.18 bits per heavy atom. The summed E-state index contributed by atoms with van der Waals surface area (Å²) < 4.78 is 0. The fourth-order valence-electron chi connectivity index (χ4n) is 3.93. The Morgan fingerprint density at radius 2 is 1.93 bits per heavy atom. The topological polar surface area (TPSA) is 98.9 Å². The predicted molar refractivity (Wildman–Crippen MR) is 106 cm³/mol. The summed E-state index contributed by atoms with van der Waals surface area (Å²) in [7, 11) is 0. The molecule has 1 aliphatic rings. The number of hydrogen-bond donors (Lipinski definition) is 2. The zero-order chi connectivity index (χ0) is 19.9. The van der Waals surface area contributed by atoms with Crippen molar-refractivity contribution in [1.82, 2.24) is 19.9 Å². The van der Waals surface area contributed by atoms with Gasteiger partial charge in [0.15, 0.2) is 0 Å². The van der Waals surface area contributed by atoms with Gasteiger partial charge in [-0.3, -0.25) is 19.6 Å². The Kier molecular flexibility index (Phi) is 4.37. The molecule has 28 heavy (non-hydrogen) atoms. The van der Waals surface area contributed by atoms with E-state index in [0.29, 0.717) is 18.7 Å². The number of aromatic nitrogens is 3. The molecule has 2 N–H and O–H groups in total. The van der Waals surface area contributed by atoms with Gasteiger partial charge in [-0.05, 0) is 23.5 Å². The van der Waals surface area contributed by atoms with Gasteiger partial charge in [-0.2, -0.15) is 0 Å². The molecule has 0 bridgehead atoms. The van der Waals surface area contributed by atoms with E-state index in [2.05, 4.69) is 40.9 Å². The van der Waals surface area contributed by atoms with Crippen LogP contribution in [0.25, 0.3) is 11.0 Å². The van der Waals surface area contributed by atoms with Gasteiger partial charge < -0.3 is 4.90 Å². The zero-order valence-electron chi connectivity index (χ0n) is 15.9. The first kappa shape index (κ1) is 18.2. The lowest BCUT2D eigenvalue weighted by atomic mass is 9.70. The summed E-state index contributed by atoms with van der Waals surface area (Å²) in [5, 5.41) is 0.197. The fourth-order valence-corrected chi connectivity index (χ4v) is 3.93. The second-order valence-corrected chi connectivity index (χ2v) is 7.98. The molecular weight excluding hydrogens is 356 g/mol. The number of carbonyl (C=O) groups excluding carboxylic acids is 1. The summed E-state index contributed by atoms with van der Waals surface area (Å²) in [6.45, 7) is 5.73. The molecule has 1 fully saturated rings. The molecule has 1 aliphatic heterocycles. The lowest BCUT2D eigenvalue weighted by molar-refractivity contribution is 0.0567. The number of piperidine rings is 1. The summed E-state index contributed by atoms with van der Waals surface area (Å²) in [6.07, 6.45) is 2.30. The molecule has 4 rings (SSSR count). The summed E-state index contributed by atoms with van der Waals surface area (Å²) in [5.74, 6) is 0.0657. The van der Waals surface area contributed by atoms with Gasteiger partial charge in [-0.1, -0.05) is 44.2 Å². The van der Waals surface area contributed by atoms with Crippen molar-refractivity contribution in [3.63, 3.8) is 0 Å². The summed E-state index contributed by atoms with van der Waals surface area (Å²) in [5.41, 5.74) is 0.645. The Bertz CT molecular complexity index is 1150. The first-order valence-corrected chi connectivity index (χ1v) is 9.32. The second kappa shape index (κ2) is 6.74. The highest BCUT2D eigenvalue weighted by Crippen LogP contribution is 2.42. The third-order valence-corrected chi connectivity index (χ3v) is 5.70. The van der Waals surface area contributed by atoms with E-state index in [1.165, 1.54) is 17.8 Å². The van der Waals surface area contributed by atoms with Gasteiger partial charge in [0.1, 0.15) is 5.65 Å². The maximum atomic E-state index is 13.1. The van der Waals surface area contributed by atoms with Crippen LogP contribution in [0.3, 0.4) is 0 Å². The molecule has 0 aliphatic carbocycles. The average Bonchev–Trinajstić information content (AvgIpc) is 2.67. The third-order valence-electron chi connectivity index (χ3n) is 5.70. The molecule has 1 atom stereocenters. The van der Waals surface area contributed by atoms with Gasteiger partial charge in [0.2, 0.25) is 0 Å². The van der Waals surface area contributed by atoms with Crippen molar-refractivity contribution in [1.29, 1.82) is 0 Å². The van der Waals surface area contributed by atoms with E-state index in [4.69, 9.17) is 0 Å². The van der Waals surface area contributed by atoms with Crippen LogP contribution in [0.2, 0.25) is 0 Å². The van der Waals surface area contributed by atoms with Crippen LogP contribution in [0.1, 0.15) is 42.1 Å². The number of nitrogens with zero attached hydrogens (tertiary/aromatic N) is 2. The number of aromatic amines is 2. The van der Waals surface area contributed by atoms with Crippen LogP contribution in [0.4, 0.5) is 0 Å². The smallest absolute Gasteiger partial charge is 0.327 e. The van der Waals surface area contributed by atoms with Crippen molar-refractivity contribution in [3.8, 4) is 0 Å². The summed E-state index contributed by atoms with van der Waals surface area (Å²) in [4.78, 5) is 47.1. The minimum atomic E-state index is -0.618. The van der Waals surface area contributed by atoms with Crippen LogP contribution in [-0.4, -0.2) is 38.8 Å². The summed E-state index contributed by atoms with van der Waals surface area (Å²) >= 11 is 0. The van der Waals surface area contributed by atoms with Crippen LogP contribution in [-0.2, 0) is 0 Å². The molecule has 3 heterocycles.